The summed E-state index contributed by atoms with van der Waals surface area (Å²) in [5.41, 5.74) is 1.01. The minimum Gasteiger partial charge on any atom is -0.483 e. The summed E-state index contributed by atoms with van der Waals surface area (Å²) in [5, 5.41) is 7.02. The zero-order valence-corrected chi connectivity index (χ0v) is 18.5. The number of nitrogens with zero attached hydrogens (tertiary/aromatic N) is 2. The van der Waals surface area contributed by atoms with Crippen LogP contribution in [0, 0.1) is 12.8 Å². The number of hydrogen-bond acceptors (Lipinski definition) is 6. The summed E-state index contributed by atoms with van der Waals surface area (Å²) in [4.78, 5) is 31.3. The van der Waals surface area contributed by atoms with Crippen LogP contribution in [0.4, 0.5) is 0 Å². The lowest BCUT2D eigenvalue weighted by atomic mass is 9.95. The van der Waals surface area contributed by atoms with Gasteiger partial charge in [-0.05, 0) is 45.1 Å². The predicted molar refractivity (Wildman–Crippen MR) is 118 cm³/mol. The van der Waals surface area contributed by atoms with E-state index in [0.717, 1.165) is 31.1 Å². The van der Waals surface area contributed by atoms with Crippen molar-refractivity contribution in [3.05, 3.63) is 22.5 Å². The Balaban J connectivity index is 1.39. The topological polar surface area (TPSA) is 71.5 Å². The molecule has 6 nitrogen and oxygen atoms in total. The zero-order valence-electron chi connectivity index (χ0n) is 16.9. The number of fused-ring (bicyclic) bond motifs is 3. The van der Waals surface area contributed by atoms with E-state index in [1.165, 1.54) is 0 Å². The third kappa shape index (κ3) is 4.23. The summed E-state index contributed by atoms with van der Waals surface area (Å²) < 4.78 is 8.14. The number of likely N-dealkylation sites (tertiary alicyclic amines) is 1. The predicted octanol–water partition coefficient (Wildman–Crippen LogP) is 3.96. The highest BCUT2D eigenvalue weighted by Crippen LogP contribution is 2.38. The summed E-state index contributed by atoms with van der Waals surface area (Å²) in [7, 11) is 0. The molecule has 0 radical (unpaired) electrons. The molecule has 3 heterocycles. The molecule has 154 valence electrons. The number of benzene rings is 1. The van der Waals surface area contributed by atoms with Gasteiger partial charge < -0.3 is 15.0 Å². The number of aromatic nitrogens is 1. The number of ether oxygens (including phenoxy) is 1. The van der Waals surface area contributed by atoms with Gasteiger partial charge in [0.25, 0.3) is 5.91 Å². The van der Waals surface area contributed by atoms with Gasteiger partial charge in [-0.1, -0.05) is 0 Å². The number of thiophene rings is 1. The number of amides is 2. The molecule has 1 saturated heterocycles. The van der Waals surface area contributed by atoms with Crippen molar-refractivity contribution in [1.29, 1.82) is 0 Å². The molecule has 1 N–H and O–H groups in total. The number of aryl methyl sites for hydroxylation is 1. The van der Waals surface area contributed by atoms with E-state index in [0.29, 0.717) is 25.9 Å². The van der Waals surface area contributed by atoms with Crippen molar-refractivity contribution in [3.63, 3.8) is 0 Å². The Morgan fingerprint density at radius 1 is 1.34 bits per heavy atom. The lowest BCUT2D eigenvalue weighted by Crippen LogP contribution is -2.45. The maximum Gasteiger partial charge on any atom is 0.260 e. The molecule has 2 aromatic heterocycles. The monoisotopic (exact) mass is 431 g/mol. The van der Waals surface area contributed by atoms with Gasteiger partial charge in [0.15, 0.2) is 6.61 Å². The van der Waals surface area contributed by atoms with Crippen LogP contribution in [0.15, 0.2) is 17.5 Å². The van der Waals surface area contributed by atoms with Crippen LogP contribution < -0.4 is 10.1 Å². The number of thiazole rings is 1. The van der Waals surface area contributed by atoms with Gasteiger partial charge in [0.1, 0.15) is 5.75 Å². The minimum absolute atomic E-state index is 0.00947. The zero-order chi connectivity index (χ0) is 20.5. The molecular weight excluding hydrogens is 406 g/mol. The molecule has 4 rings (SSSR count). The largest absolute Gasteiger partial charge is 0.483 e. The van der Waals surface area contributed by atoms with Gasteiger partial charge in [-0.25, -0.2) is 4.98 Å². The Hall–Kier alpha value is -2.19. The van der Waals surface area contributed by atoms with Crippen LogP contribution in [-0.4, -0.2) is 47.4 Å². The van der Waals surface area contributed by atoms with E-state index in [9.17, 15) is 9.59 Å². The van der Waals surface area contributed by atoms with Gasteiger partial charge in [0.2, 0.25) is 5.91 Å². The number of nitrogens with one attached hydrogen (secondary N) is 1. The van der Waals surface area contributed by atoms with Crippen LogP contribution in [0.1, 0.15) is 31.7 Å². The fourth-order valence-electron chi connectivity index (χ4n) is 3.73. The Bertz CT molecular complexity index is 1050. The molecule has 0 unspecified atom stereocenters. The second kappa shape index (κ2) is 8.28. The van der Waals surface area contributed by atoms with Gasteiger partial charge in [-0.15, -0.1) is 22.7 Å². The average molecular weight is 432 g/mol. The van der Waals surface area contributed by atoms with Gasteiger partial charge in [0.05, 0.1) is 19.9 Å². The second-order valence-electron chi connectivity index (χ2n) is 7.72. The molecule has 0 spiro atoms. The number of carbonyl (C=O) groups is 2. The van der Waals surface area contributed by atoms with Crippen molar-refractivity contribution in [2.45, 2.75) is 39.7 Å². The van der Waals surface area contributed by atoms with Crippen LogP contribution in [-0.2, 0) is 9.59 Å². The lowest BCUT2D eigenvalue weighted by molar-refractivity contribution is -0.137. The first-order chi connectivity index (χ1) is 13.9. The van der Waals surface area contributed by atoms with Gasteiger partial charge in [-0.2, -0.15) is 0 Å². The van der Waals surface area contributed by atoms with E-state index < -0.39 is 0 Å². The number of carbonyl (C=O) groups excluding carboxylic acids is 2. The molecular formula is C21H25N3O3S2. The number of hydrogen-bond donors (Lipinski definition) is 1. The molecule has 0 atom stereocenters. The van der Waals surface area contributed by atoms with Gasteiger partial charge in [-0.3, -0.25) is 9.59 Å². The van der Waals surface area contributed by atoms with Crippen molar-refractivity contribution < 1.29 is 14.3 Å². The Morgan fingerprint density at radius 2 is 2.10 bits per heavy atom. The maximum atomic E-state index is 12.7. The van der Waals surface area contributed by atoms with Crippen LogP contribution >= 0.6 is 22.7 Å². The molecule has 2 amide bonds. The quantitative estimate of drug-likeness (QED) is 0.664. The maximum absolute atomic E-state index is 12.7. The molecule has 3 aromatic rings. The van der Waals surface area contributed by atoms with Crippen LogP contribution in [0.25, 0.3) is 20.3 Å². The van der Waals surface area contributed by atoms with E-state index in [1.807, 2.05) is 38.3 Å². The Labute approximate surface area is 177 Å². The van der Waals surface area contributed by atoms with Crippen molar-refractivity contribution in [1.82, 2.24) is 15.2 Å². The van der Waals surface area contributed by atoms with E-state index in [-0.39, 0.29) is 30.4 Å². The summed E-state index contributed by atoms with van der Waals surface area (Å²) in [5.74, 6) is 0.787. The molecule has 1 aliphatic heterocycles. The summed E-state index contributed by atoms with van der Waals surface area (Å²) in [6.07, 6.45) is 1.40. The van der Waals surface area contributed by atoms with Crippen LogP contribution in [0.3, 0.4) is 0 Å². The van der Waals surface area contributed by atoms with Crippen molar-refractivity contribution in [3.8, 4) is 5.75 Å². The first-order valence-electron chi connectivity index (χ1n) is 9.90. The van der Waals surface area contributed by atoms with Crippen LogP contribution in [0.5, 0.6) is 5.75 Å². The highest BCUT2D eigenvalue weighted by molar-refractivity contribution is 7.21. The van der Waals surface area contributed by atoms with Crippen molar-refractivity contribution in [2.75, 3.05) is 19.7 Å². The van der Waals surface area contributed by atoms with Crippen molar-refractivity contribution >= 4 is 54.8 Å². The lowest BCUT2D eigenvalue weighted by Gasteiger charge is -2.31. The standard InChI is InChI=1S/C21H25N3O3S2/c1-12(2)22-21(26)14-4-7-24(8-5-14)18(25)11-27-16-10-17-19(23-13(3)29-17)20-15(16)6-9-28-20/h6,9-10,12,14H,4-5,7-8,11H2,1-3H3,(H,22,26). The Kier molecular flexibility index (Phi) is 5.74. The first kappa shape index (κ1) is 20.1. The van der Waals surface area contributed by atoms with E-state index in [2.05, 4.69) is 10.3 Å². The average Bonchev–Trinajstić information content (AvgIpc) is 3.31. The van der Waals surface area contributed by atoms with Gasteiger partial charge >= 0.3 is 0 Å². The van der Waals surface area contributed by atoms with E-state index in [4.69, 9.17) is 4.74 Å². The summed E-state index contributed by atoms with van der Waals surface area (Å²) in [6, 6.07) is 4.15. The third-order valence-corrected chi connectivity index (χ3v) is 7.01. The minimum atomic E-state index is -0.0309. The van der Waals surface area contributed by atoms with Gasteiger partial charge in [0, 0.05) is 36.5 Å². The number of rotatable bonds is 5. The molecule has 1 aliphatic rings. The highest BCUT2D eigenvalue weighted by Gasteiger charge is 2.27. The third-order valence-electron chi connectivity index (χ3n) is 5.17. The summed E-state index contributed by atoms with van der Waals surface area (Å²) >= 11 is 3.28. The molecule has 8 heteroatoms. The molecule has 1 aromatic carbocycles. The van der Waals surface area contributed by atoms with E-state index in [1.54, 1.807) is 27.6 Å². The molecule has 0 aliphatic carbocycles. The normalized spacial score (nSPS) is 15.4. The number of piperidine rings is 1. The molecule has 0 bridgehead atoms. The summed E-state index contributed by atoms with van der Waals surface area (Å²) in [6.45, 7) is 7.13. The molecule has 0 saturated carbocycles. The molecule has 1 fully saturated rings. The van der Waals surface area contributed by atoms with E-state index >= 15 is 0 Å². The highest BCUT2D eigenvalue weighted by atomic mass is 32.1. The first-order valence-corrected chi connectivity index (χ1v) is 11.6. The van der Waals surface area contributed by atoms with Crippen molar-refractivity contribution in [2.24, 2.45) is 5.92 Å². The SMILES string of the molecule is Cc1nc2c(cc(OCC(=O)N3CCC(C(=O)NC(C)C)CC3)c3ccsc32)s1. The fourth-order valence-corrected chi connectivity index (χ4v) is 5.56. The van der Waals surface area contributed by atoms with Crippen LogP contribution in [0.2, 0.25) is 0 Å². The second-order valence-corrected chi connectivity index (χ2v) is 9.88. The smallest absolute Gasteiger partial charge is 0.260 e. The Morgan fingerprint density at radius 3 is 2.83 bits per heavy atom. The fraction of sp³-hybridized carbons (Fsp3) is 0.476. The molecule has 29 heavy (non-hydrogen) atoms.